The largest absolute Gasteiger partial charge is 0.337 e. The number of nitrogens with one attached hydrogen (secondary N) is 1. The van der Waals surface area contributed by atoms with Crippen molar-refractivity contribution in [3.05, 3.63) is 18.2 Å². The van der Waals surface area contributed by atoms with Gasteiger partial charge >= 0.3 is 0 Å². The van der Waals surface area contributed by atoms with Gasteiger partial charge < -0.3 is 9.47 Å². The van der Waals surface area contributed by atoms with Gasteiger partial charge in [-0.15, -0.1) is 0 Å². The number of nitrogens with zero attached hydrogens (tertiary/aromatic N) is 3. The summed E-state index contributed by atoms with van der Waals surface area (Å²) < 4.78 is 1.99. The maximum Gasteiger partial charge on any atom is 0.126 e. The Balaban J connectivity index is 2.58. The van der Waals surface area contributed by atoms with E-state index in [0.29, 0.717) is 0 Å². The number of rotatable bonds is 5. The van der Waals surface area contributed by atoms with E-state index in [1.54, 1.807) is 6.20 Å². The first-order valence-electron chi connectivity index (χ1n) is 4.73. The van der Waals surface area contributed by atoms with Crippen LogP contribution in [0.15, 0.2) is 12.4 Å². The van der Waals surface area contributed by atoms with Crippen LogP contribution in [0.25, 0.3) is 0 Å². The first kappa shape index (κ1) is 11.2. The van der Waals surface area contributed by atoms with E-state index >= 15 is 0 Å². The van der Waals surface area contributed by atoms with Crippen LogP contribution >= 0.6 is 0 Å². The van der Waals surface area contributed by atoms with Crippen LogP contribution in [0.1, 0.15) is 18.3 Å². The highest BCUT2D eigenvalue weighted by Gasteiger charge is 2.13. The van der Waals surface area contributed by atoms with Crippen molar-refractivity contribution in [1.82, 2.24) is 19.9 Å². The van der Waals surface area contributed by atoms with Crippen molar-refractivity contribution in [2.75, 3.05) is 20.6 Å². The Kier molecular flexibility index (Phi) is 4.06. The summed E-state index contributed by atoms with van der Waals surface area (Å²) in [5, 5.41) is 0. The molecule has 0 aliphatic carbocycles. The molecule has 14 heavy (non-hydrogen) atoms. The molecular formula is C9H19N5. The van der Waals surface area contributed by atoms with E-state index in [1.165, 1.54) is 0 Å². The third-order valence-corrected chi connectivity index (χ3v) is 2.24. The maximum absolute atomic E-state index is 5.50. The van der Waals surface area contributed by atoms with Crippen LogP contribution in [-0.4, -0.2) is 35.1 Å². The van der Waals surface area contributed by atoms with E-state index < -0.39 is 0 Å². The molecule has 0 aliphatic rings. The summed E-state index contributed by atoms with van der Waals surface area (Å²) in [6, 6.07) is 0.123. The van der Waals surface area contributed by atoms with Gasteiger partial charge in [0.05, 0.1) is 6.04 Å². The molecule has 5 nitrogen and oxygen atoms in total. The lowest BCUT2D eigenvalue weighted by Crippen LogP contribution is -2.32. The molecule has 0 saturated carbocycles. The summed E-state index contributed by atoms with van der Waals surface area (Å²) in [5.74, 6) is 6.48. The van der Waals surface area contributed by atoms with E-state index in [0.717, 1.165) is 18.8 Å². The van der Waals surface area contributed by atoms with Gasteiger partial charge in [-0.25, -0.2) is 10.4 Å². The Hall–Kier alpha value is -0.910. The molecular weight excluding hydrogens is 178 g/mol. The summed E-state index contributed by atoms with van der Waals surface area (Å²) in [6.07, 6.45) is 4.67. The fourth-order valence-electron chi connectivity index (χ4n) is 1.39. The van der Waals surface area contributed by atoms with E-state index in [4.69, 9.17) is 5.84 Å². The predicted octanol–water partition coefficient (Wildman–Crippen LogP) is -0.124. The average Bonchev–Trinajstić information content (AvgIpc) is 2.53. The Morgan fingerprint density at radius 3 is 2.79 bits per heavy atom. The number of hydrazine groups is 1. The highest BCUT2D eigenvalue weighted by molar-refractivity contribution is 4.98. The fourth-order valence-corrected chi connectivity index (χ4v) is 1.39. The Morgan fingerprint density at radius 1 is 1.64 bits per heavy atom. The van der Waals surface area contributed by atoms with Gasteiger partial charge in [-0.2, -0.15) is 0 Å². The van der Waals surface area contributed by atoms with E-state index in [9.17, 15) is 0 Å². The molecule has 0 amide bonds. The lowest BCUT2D eigenvalue weighted by molar-refractivity contribution is 0.354. The Bertz CT molecular complexity index is 268. The number of imidazole rings is 1. The monoisotopic (exact) mass is 197 g/mol. The molecule has 0 bridgehead atoms. The van der Waals surface area contributed by atoms with Gasteiger partial charge in [0.2, 0.25) is 0 Å². The van der Waals surface area contributed by atoms with Crippen molar-refractivity contribution in [3.8, 4) is 0 Å². The van der Waals surface area contributed by atoms with Gasteiger partial charge in [0, 0.05) is 19.4 Å². The number of hydrogen-bond donors (Lipinski definition) is 2. The average molecular weight is 197 g/mol. The summed E-state index contributed by atoms with van der Waals surface area (Å²) >= 11 is 0. The highest BCUT2D eigenvalue weighted by atomic mass is 15.3. The predicted molar refractivity (Wildman–Crippen MR) is 56.4 cm³/mol. The van der Waals surface area contributed by atoms with Crippen LogP contribution < -0.4 is 11.3 Å². The van der Waals surface area contributed by atoms with Crippen molar-refractivity contribution >= 4 is 0 Å². The van der Waals surface area contributed by atoms with Crippen molar-refractivity contribution < 1.29 is 0 Å². The van der Waals surface area contributed by atoms with E-state index in [1.807, 2.05) is 31.9 Å². The minimum atomic E-state index is 0.123. The van der Waals surface area contributed by atoms with Crippen molar-refractivity contribution in [2.24, 2.45) is 12.9 Å². The SMILES string of the molecule is CN(C)CCC(NN)c1nccn1C. The van der Waals surface area contributed by atoms with Crippen LogP contribution in [0.4, 0.5) is 0 Å². The van der Waals surface area contributed by atoms with E-state index in [-0.39, 0.29) is 6.04 Å². The molecule has 1 atom stereocenters. The first-order valence-corrected chi connectivity index (χ1v) is 4.73. The second-order valence-electron chi connectivity index (χ2n) is 3.71. The summed E-state index contributed by atoms with van der Waals surface area (Å²) in [6.45, 7) is 0.988. The minimum absolute atomic E-state index is 0.123. The zero-order chi connectivity index (χ0) is 10.6. The van der Waals surface area contributed by atoms with Crippen molar-refractivity contribution in [2.45, 2.75) is 12.5 Å². The van der Waals surface area contributed by atoms with Crippen molar-refractivity contribution in [1.29, 1.82) is 0 Å². The first-order chi connectivity index (χ1) is 6.65. The van der Waals surface area contributed by atoms with Crippen LogP contribution in [-0.2, 0) is 7.05 Å². The molecule has 0 saturated heterocycles. The summed E-state index contributed by atoms with van der Waals surface area (Å²) in [7, 11) is 6.07. The fraction of sp³-hybridized carbons (Fsp3) is 0.667. The van der Waals surface area contributed by atoms with Crippen LogP contribution in [0.5, 0.6) is 0 Å². The third kappa shape index (κ3) is 2.80. The molecule has 0 spiro atoms. The van der Waals surface area contributed by atoms with Gasteiger partial charge in [-0.05, 0) is 27.1 Å². The van der Waals surface area contributed by atoms with Gasteiger partial charge in [0.25, 0.3) is 0 Å². The molecule has 3 N–H and O–H groups in total. The van der Waals surface area contributed by atoms with Crippen LogP contribution in [0, 0.1) is 0 Å². The van der Waals surface area contributed by atoms with Gasteiger partial charge in [0.1, 0.15) is 5.82 Å². The summed E-state index contributed by atoms with van der Waals surface area (Å²) in [5.41, 5.74) is 2.79. The van der Waals surface area contributed by atoms with Crippen LogP contribution in [0.2, 0.25) is 0 Å². The number of nitrogens with two attached hydrogens (primary N) is 1. The lowest BCUT2D eigenvalue weighted by atomic mass is 10.2. The topological polar surface area (TPSA) is 59.1 Å². The summed E-state index contributed by atoms with van der Waals surface area (Å²) in [4.78, 5) is 6.40. The molecule has 1 unspecified atom stereocenters. The highest BCUT2D eigenvalue weighted by Crippen LogP contribution is 2.12. The number of hydrogen-bond acceptors (Lipinski definition) is 4. The number of aromatic nitrogens is 2. The zero-order valence-corrected chi connectivity index (χ0v) is 9.07. The molecule has 0 aliphatic heterocycles. The second kappa shape index (κ2) is 5.09. The normalized spacial score (nSPS) is 13.5. The standard InChI is InChI=1S/C9H19N5/c1-13(2)6-4-8(12-10)9-11-5-7-14(9)3/h5,7-8,12H,4,6,10H2,1-3H3. The minimum Gasteiger partial charge on any atom is -0.337 e. The van der Waals surface area contributed by atoms with Gasteiger partial charge in [-0.1, -0.05) is 0 Å². The molecule has 80 valence electrons. The lowest BCUT2D eigenvalue weighted by Gasteiger charge is -2.18. The molecule has 0 radical (unpaired) electrons. The van der Waals surface area contributed by atoms with Crippen LogP contribution in [0.3, 0.4) is 0 Å². The molecule has 0 aromatic carbocycles. The van der Waals surface area contributed by atoms with E-state index in [2.05, 4.69) is 15.3 Å². The smallest absolute Gasteiger partial charge is 0.126 e. The second-order valence-corrected chi connectivity index (χ2v) is 3.71. The molecule has 1 heterocycles. The zero-order valence-electron chi connectivity index (χ0n) is 9.07. The Morgan fingerprint density at radius 2 is 2.36 bits per heavy atom. The van der Waals surface area contributed by atoms with Gasteiger partial charge in [-0.3, -0.25) is 5.84 Å². The molecule has 1 aromatic rings. The maximum atomic E-state index is 5.50. The molecule has 1 rings (SSSR count). The molecule has 1 aromatic heterocycles. The molecule has 0 fully saturated rings. The third-order valence-electron chi connectivity index (χ3n) is 2.24. The van der Waals surface area contributed by atoms with Gasteiger partial charge in [0.15, 0.2) is 0 Å². The van der Waals surface area contributed by atoms with Crippen molar-refractivity contribution in [3.63, 3.8) is 0 Å². The molecule has 5 heteroatoms. The number of aryl methyl sites for hydroxylation is 1. The quantitative estimate of drug-likeness (QED) is 0.510. The Labute approximate surface area is 84.9 Å².